The lowest BCUT2D eigenvalue weighted by molar-refractivity contribution is -0.146. The monoisotopic (exact) mass is 464 g/mol. The molecule has 3 N–H and O–H groups in total. The normalized spacial score (nSPS) is 30.2. The van der Waals surface area contributed by atoms with E-state index in [1.165, 1.54) is 0 Å². The molecular formula is C23H36N4O4S. The quantitative estimate of drug-likeness (QED) is 0.260. The second-order valence-electron chi connectivity index (χ2n) is 11.3. The van der Waals surface area contributed by atoms with Crippen LogP contribution in [0.1, 0.15) is 54.4 Å². The van der Waals surface area contributed by atoms with E-state index >= 15 is 0 Å². The highest BCUT2D eigenvalue weighted by Crippen LogP contribution is 2.65. The number of rotatable bonds is 7. The van der Waals surface area contributed by atoms with Crippen molar-refractivity contribution in [2.45, 2.75) is 66.5 Å². The number of thiol groups is 1. The average Bonchev–Trinajstić information content (AvgIpc) is 3.06. The lowest BCUT2D eigenvalue weighted by Gasteiger charge is -2.36. The van der Waals surface area contributed by atoms with Crippen molar-refractivity contribution in [1.29, 1.82) is 5.41 Å². The molecule has 0 aromatic heterocycles. The molecule has 0 bridgehead atoms. The molecule has 2 heterocycles. The number of nitrogens with zero attached hydrogens (tertiary/aromatic N) is 1. The topological polar surface area (TPSA) is 119 Å². The van der Waals surface area contributed by atoms with Gasteiger partial charge in [0, 0.05) is 24.9 Å². The van der Waals surface area contributed by atoms with E-state index in [1.807, 2.05) is 27.7 Å². The summed E-state index contributed by atoms with van der Waals surface area (Å²) in [5.74, 6) is -1.60. The van der Waals surface area contributed by atoms with Crippen LogP contribution in [0.4, 0.5) is 0 Å². The van der Waals surface area contributed by atoms with E-state index in [0.29, 0.717) is 19.5 Å². The SMILES string of the molecule is C[C@H](C(=O)N1C[C@H]2[C@@H]([C@H]1C(=O)N[C@@H](C[C@@H]1CCNC1=O)C(=O)C(=N)S)C2(C)C)C(C)(C)C. The average molecular weight is 465 g/mol. The van der Waals surface area contributed by atoms with Crippen molar-refractivity contribution in [2.24, 2.45) is 34.5 Å². The predicted octanol–water partition coefficient (Wildman–Crippen LogP) is 1.64. The Bertz CT molecular complexity index is 849. The summed E-state index contributed by atoms with van der Waals surface area (Å²) in [6, 6.07) is -1.67. The van der Waals surface area contributed by atoms with E-state index in [0.717, 1.165) is 0 Å². The molecule has 0 radical (unpaired) electrons. The van der Waals surface area contributed by atoms with Crippen LogP contribution in [0.3, 0.4) is 0 Å². The van der Waals surface area contributed by atoms with Gasteiger partial charge in [-0.2, -0.15) is 0 Å². The van der Waals surface area contributed by atoms with Crippen molar-refractivity contribution in [3.8, 4) is 0 Å². The third-order valence-corrected chi connectivity index (χ3v) is 8.20. The Morgan fingerprint density at radius 2 is 1.94 bits per heavy atom. The molecule has 3 rings (SSSR count). The van der Waals surface area contributed by atoms with Gasteiger partial charge in [0.1, 0.15) is 11.1 Å². The molecule has 3 fully saturated rings. The number of hydrogen-bond donors (Lipinski definition) is 4. The zero-order valence-electron chi connectivity index (χ0n) is 19.8. The molecule has 2 aliphatic heterocycles. The van der Waals surface area contributed by atoms with Gasteiger partial charge in [0.15, 0.2) is 0 Å². The Balaban J connectivity index is 1.82. The van der Waals surface area contributed by atoms with Crippen molar-refractivity contribution in [3.63, 3.8) is 0 Å². The van der Waals surface area contributed by atoms with Crippen molar-refractivity contribution in [2.75, 3.05) is 13.1 Å². The molecule has 0 unspecified atom stereocenters. The third kappa shape index (κ3) is 4.45. The molecular weight excluding hydrogens is 428 g/mol. The smallest absolute Gasteiger partial charge is 0.243 e. The number of fused-ring (bicyclic) bond motifs is 1. The van der Waals surface area contributed by atoms with Crippen LogP contribution in [-0.2, 0) is 19.2 Å². The van der Waals surface area contributed by atoms with Gasteiger partial charge < -0.3 is 15.5 Å². The van der Waals surface area contributed by atoms with Gasteiger partial charge in [0.25, 0.3) is 0 Å². The first kappa shape index (κ1) is 24.7. The lowest BCUT2D eigenvalue weighted by Crippen LogP contribution is -2.56. The Labute approximate surface area is 195 Å². The number of hydrogen-bond acceptors (Lipinski definition) is 5. The summed E-state index contributed by atoms with van der Waals surface area (Å²) in [7, 11) is 0. The Hall–Kier alpha value is -1.90. The first-order valence-electron chi connectivity index (χ1n) is 11.4. The van der Waals surface area contributed by atoms with Crippen LogP contribution in [0.2, 0.25) is 0 Å². The number of piperidine rings is 1. The summed E-state index contributed by atoms with van der Waals surface area (Å²) in [6.45, 7) is 13.2. The minimum Gasteiger partial charge on any atom is -0.356 e. The highest BCUT2D eigenvalue weighted by Gasteiger charge is 2.69. The molecule has 3 amide bonds. The number of nitrogens with one attached hydrogen (secondary N) is 3. The predicted molar refractivity (Wildman–Crippen MR) is 124 cm³/mol. The van der Waals surface area contributed by atoms with Gasteiger partial charge in [-0.05, 0) is 35.5 Å². The number of likely N-dealkylation sites (tertiary alicyclic amines) is 1. The number of ketones is 1. The van der Waals surface area contributed by atoms with Gasteiger partial charge in [-0.25, -0.2) is 0 Å². The third-order valence-electron chi connectivity index (χ3n) is 7.98. The van der Waals surface area contributed by atoms with Gasteiger partial charge in [0.05, 0.1) is 6.04 Å². The van der Waals surface area contributed by atoms with Gasteiger partial charge in [-0.15, -0.1) is 12.6 Å². The zero-order valence-corrected chi connectivity index (χ0v) is 20.7. The van der Waals surface area contributed by atoms with E-state index in [2.05, 4.69) is 37.1 Å². The summed E-state index contributed by atoms with van der Waals surface area (Å²) in [4.78, 5) is 53.2. The second kappa shape index (κ2) is 8.47. The number of Topliss-reactive ketones (excluding diaryl/α,β-unsaturated/α-hetero) is 1. The maximum atomic E-state index is 13.5. The largest absolute Gasteiger partial charge is 0.356 e. The van der Waals surface area contributed by atoms with Gasteiger partial charge in [-0.1, -0.05) is 41.5 Å². The van der Waals surface area contributed by atoms with Crippen molar-refractivity contribution >= 4 is 41.2 Å². The zero-order chi connectivity index (χ0) is 24.2. The van der Waals surface area contributed by atoms with Crippen LogP contribution in [0.15, 0.2) is 0 Å². The van der Waals surface area contributed by atoms with Crippen LogP contribution >= 0.6 is 12.6 Å². The Morgan fingerprint density at radius 1 is 1.31 bits per heavy atom. The highest BCUT2D eigenvalue weighted by molar-refractivity contribution is 7.99. The van der Waals surface area contributed by atoms with Crippen molar-refractivity contribution < 1.29 is 19.2 Å². The van der Waals surface area contributed by atoms with Crippen LogP contribution in [-0.4, -0.2) is 58.6 Å². The maximum absolute atomic E-state index is 13.5. The summed E-state index contributed by atoms with van der Waals surface area (Å²) in [5.41, 5.74) is -0.291. The highest BCUT2D eigenvalue weighted by atomic mass is 32.1. The number of carbonyl (C=O) groups is 4. The molecule has 0 aromatic carbocycles. The molecule has 0 spiro atoms. The van der Waals surface area contributed by atoms with Crippen molar-refractivity contribution in [1.82, 2.24) is 15.5 Å². The molecule has 1 aliphatic carbocycles. The Kier molecular flexibility index (Phi) is 6.54. The van der Waals surface area contributed by atoms with E-state index in [1.54, 1.807) is 4.90 Å². The minimum absolute atomic E-state index is 0.0274. The van der Waals surface area contributed by atoms with E-state index in [9.17, 15) is 19.2 Å². The van der Waals surface area contributed by atoms with E-state index < -0.39 is 28.8 Å². The molecule has 32 heavy (non-hydrogen) atoms. The summed E-state index contributed by atoms with van der Waals surface area (Å²) < 4.78 is 0. The number of amides is 3. The second-order valence-corrected chi connectivity index (χ2v) is 11.7. The van der Waals surface area contributed by atoms with Crippen LogP contribution in [0.5, 0.6) is 0 Å². The van der Waals surface area contributed by atoms with Crippen molar-refractivity contribution in [3.05, 3.63) is 0 Å². The maximum Gasteiger partial charge on any atom is 0.243 e. The molecule has 1 saturated carbocycles. The summed E-state index contributed by atoms with van der Waals surface area (Å²) >= 11 is 3.86. The molecule has 0 aromatic rings. The molecule has 2 saturated heterocycles. The first-order valence-corrected chi connectivity index (χ1v) is 11.8. The van der Waals surface area contributed by atoms with Crippen LogP contribution in [0.25, 0.3) is 0 Å². The molecule has 6 atom stereocenters. The lowest BCUT2D eigenvalue weighted by atomic mass is 9.81. The molecule has 3 aliphatic rings. The van der Waals surface area contributed by atoms with Gasteiger partial charge in [-0.3, -0.25) is 24.6 Å². The summed E-state index contributed by atoms with van der Waals surface area (Å²) in [6.07, 6.45) is 0.698. The van der Waals surface area contributed by atoms with E-state index in [-0.39, 0.29) is 52.7 Å². The first-order chi connectivity index (χ1) is 14.7. The van der Waals surface area contributed by atoms with E-state index in [4.69, 9.17) is 5.41 Å². The molecule has 8 nitrogen and oxygen atoms in total. The standard InChI is InChI=1S/C23H36N4O4S/c1-11(22(2,3)4)21(31)27-10-13-15(23(13,5)6)16(27)20(30)26-14(17(28)18(24)32)9-12-7-8-25-19(12)29/h11-16H,7-10H2,1-6H3,(H2,24,32)(H,25,29)(H,26,30)/t11-,12+,13+,14+,15+,16+/m1/s1. The fraction of sp³-hybridized carbons (Fsp3) is 0.783. The number of carbonyl (C=O) groups excluding carboxylic acids is 4. The van der Waals surface area contributed by atoms with Crippen LogP contribution < -0.4 is 10.6 Å². The molecule has 9 heteroatoms. The summed E-state index contributed by atoms with van der Waals surface area (Å²) in [5, 5.41) is 12.7. The minimum atomic E-state index is -1.01. The molecule has 178 valence electrons. The van der Waals surface area contributed by atoms with Gasteiger partial charge in [0.2, 0.25) is 23.5 Å². The van der Waals surface area contributed by atoms with Crippen LogP contribution in [0, 0.1) is 39.9 Å². The fourth-order valence-electron chi connectivity index (χ4n) is 5.24. The van der Waals surface area contributed by atoms with Gasteiger partial charge >= 0.3 is 0 Å². The Morgan fingerprint density at radius 3 is 2.44 bits per heavy atom. The fourth-order valence-corrected chi connectivity index (χ4v) is 5.40.